The number of anilines is 1. The third-order valence-electron chi connectivity index (χ3n) is 2.62. The van der Waals surface area contributed by atoms with Crippen LogP contribution in [0.15, 0.2) is 42.6 Å². The molecule has 0 saturated carbocycles. The van der Waals surface area contributed by atoms with Crippen LogP contribution in [0.3, 0.4) is 0 Å². The molecule has 0 aliphatic heterocycles. The number of nitrogens with zero attached hydrogens (tertiary/aromatic N) is 1. The molecule has 1 N–H and O–H groups in total. The van der Waals surface area contributed by atoms with Gasteiger partial charge in [0.25, 0.3) is 0 Å². The Labute approximate surface area is 96.4 Å². The molecule has 1 heterocycles. The maximum absolute atomic E-state index is 4.23. The van der Waals surface area contributed by atoms with Crippen LogP contribution in [0.2, 0.25) is 0 Å². The van der Waals surface area contributed by atoms with Crippen LogP contribution < -0.4 is 5.32 Å². The second-order valence-electron chi connectivity index (χ2n) is 4.00. The lowest BCUT2D eigenvalue weighted by Gasteiger charge is -2.08. The van der Waals surface area contributed by atoms with Crippen LogP contribution >= 0.6 is 0 Å². The van der Waals surface area contributed by atoms with Crippen LogP contribution in [0.25, 0.3) is 0 Å². The smallest absolute Gasteiger partial charge is 0.126 e. The maximum Gasteiger partial charge on any atom is 0.126 e. The summed E-state index contributed by atoms with van der Waals surface area (Å²) in [7, 11) is 0. The number of nitrogens with one attached hydrogen (secondary N) is 1. The highest BCUT2D eigenvalue weighted by Crippen LogP contribution is 2.12. The van der Waals surface area contributed by atoms with E-state index >= 15 is 0 Å². The molecule has 2 nitrogen and oxygen atoms in total. The van der Waals surface area contributed by atoms with E-state index in [0.717, 1.165) is 12.4 Å². The van der Waals surface area contributed by atoms with Gasteiger partial charge in [0.1, 0.15) is 5.82 Å². The van der Waals surface area contributed by atoms with E-state index in [1.807, 2.05) is 18.2 Å². The van der Waals surface area contributed by atoms with Gasteiger partial charge in [-0.25, -0.2) is 4.98 Å². The average Bonchev–Trinajstić information content (AvgIpc) is 2.29. The fraction of sp³-hybridized carbons (Fsp3) is 0.214. The van der Waals surface area contributed by atoms with Crippen LogP contribution in [0.1, 0.15) is 16.7 Å². The molecule has 0 saturated heterocycles. The highest BCUT2D eigenvalue weighted by molar-refractivity contribution is 5.37. The lowest BCUT2D eigenvalue weighted by molar-refractivity contribution is 1.09. The van der Waals surface area contributed by atoms with Gasteiger partial charge in [0.15, 0.2) is 0 Å². The summed E-state index contributed by atoms with van der Waals surface area (Å²) in [4.78, 5) is 4.23. The molecule has 0 atom stereocenters. The van der Waals surface area contributed by atoms with E-state index in [1.54, 1.807) is 6.20 Å². The Kier molecular flexibility index (Phi) is 3.20. The lowest BCUT2D eigenvalue weighted by atomic mass is 10.1. The summed E-state index contributed by atoms with van der Waals surface area (Å²) in [6, 6.07) is 12.4. The van der Waals surface area contributed by atoms with Crippen LogP contribution in [-0.2, 0) is 6.54 Å². The monoisotopic (exact) mass is 212 g/mol. The van der Waals surface area contributed by atoms with Crippen LogP contribution in [0.4, 0.5) is 5.82 Å². The third kappa shape index (κ3) is 2.60. The first-order valence-corrected chi connectivity index (χ1v) is 5.47. The number of benzene rings is 1. The molecule has 2 aromatic rings. The summed E-state index contributed by atoms with van der Waals surface area (Å²) >= 11 is 0. The molecule has 1 aromatic carbocycles. The molecule has 0 radical (unpaired) electrons. The van der Waals surface area contributed by atoms with Gasteiger partial charge in [-0.1, -0.05) is 29.8 Å². The lowest BCUT2D eigenvalue weighted by Crippen LogP contribution is -2.02. The number of pyridine rings is 1. The highest BCUT2D eigenvalue weighted by atomic mass is 15.0. The van der Waals surface area contributed by atoms with Crippen molar-refractivity contribution in [3.05, 3.63) is 59.3 Å². The Morgan fingerprint density at radius 1 is 1.12 bits per heavy atom. The van der Waals surface area contributed by atoms with Crippen molar-refractivity contribution in [1.29, 1.82) is 0 Å². The first-order valence-electron chi connectivity index (χ1n) is 5.47. The summed E-state index contributed by atoms with van der Waals surface area (Å²) in [6.07, 6.45) is 1.80. The van der Waals surface area contributed by atoms with Gasteiger partial charge in [0, 0.05) is 12.7 Å². The molecule has 2 heteroatoms. The topological polar surface area (TPSA) is 24.9 Å². The van der Waals surface area contributed by atoms with E-state index in [1.165, 1.54) is 16.7 Å². The van der Waals surface area contributed by atoms with Gasteiger partial charge in [-0.15, -0.1) is 0 Å². The van der Waals surface area contributed by atoms with Gasteiger partial charge >= 0.3 is 0 Å². The molecular weight excluding hydrogens is 196 g/mol. The average molecular weight is 212 g/mol. The Morgan fingerprint density at radius 3 is 2.69 bits per heavy atom. The van der Waals surface area contributed by atoms with Gasteiger partial charge in [0.2, 0.25) is 0 Å². The molecule has 1 aromatic heterocycles. The van der Waals surface area contributed by atoms with Gasteiger partial charge < -0.3 is 5.32 Å². The van der Waals surface area contributed by atoms with Crippen molar-refractivity contribution in [1.82, 2.24) is 4.98 Å². The van der Waals surface area contributed by atoms with Gasteiger partial charge in [-0.3, -0.25) is 0 Å². The van der Waals surface area contributed by atoms with E-state index in [9.17, 15) is 0 Å². The van der Waals surface area contributed by atoms with Crippen LogP contribution in [0.5, 0.6) is 0 Å². The molecule has 0 spiro atoms. The number of aromatic nitrogens is 1. The van der Waals surface area contributed by atoms with Crippen LogP contribution in [0, 0.1) is 13.8 Å². The van der Waals surface area contributed by atoms with E-state index in [2.05, 4.69) is 42.3 Å². The van der Waals surface area contributed by atoms with Crippen molar-refractivity contribution in [2.24, 2.45) is 0 Å². The normalized spacial score (nSPS) is 10.1. The predicted molar refractivity (Wildman–Crippen MR) is 67.5 cm³/mol. The molecule has 0 aliphatic carbocycles. The number of rotatable bonds is 3. The second kappa shape index (κ2) is 4.79. The first-order chi connectivity index (χ1) is 7.75. The predicted octanol–water partition coefficient (Wildman–Crippen LogP) is 3.31. The standard InChI is InChI=1S/C14H16N2/c1-11-6-7-13(12(2)9-11)10-16-14-5-3-4-8-15-14/h3-9H,10H2,1-2H3,(H,15,16). The maximum atomic E-state index is 4.23. The minimum atomic E-state index is 0.823. The fourth-order valence-corrected chi connectivity index (χ4v) is 1.70. The molecule has 82 valence electrons. The number of aryl methyl sites for hydroxylation is 2. The molecule has 0 amide bonds. The molecule has 0 bridgehead atoms. The van der Waals surface area contributed by atoms with Crippen molar-refractivity contribution in [3.63, 3.8) is 0 Å². The molecule has 0 aliphatic rings. The highest BCUT2D eigenvalue weighted by Gasteiger charge is 1.98. The van der Waals surface area contributed by atoms with Gasteiger partial charge in [0.05, 0.1) is 0 Å². The van der Waals surface area contributed by atoms with Crippen molar-refractivity contribution in [2.75, 3.05) is 5.32 Å². The van der Waals surface area contributed by atoms with Crippen molar-refractivity contribution in [3.8, 4) is 0 Å². The van der Waals surface area contributed by atoms with Crippen LogP contribution in [-0.4, -0.2) is 4.98 Å². The van der Waals surface area contributed by atoms with E-state index in [0.29, 0.717) is 0 Å². The summed E-state index contributed by atoms with van der Waals surface area (Å²) in [5.74, 6) is 0.919. The minimum absolute atomic E-state index is 0.823. The molecule has 0 unspecified atom stereocenters. The molecular formula is C14H16N2. The zero-order valence-corrected chi connectivity index (χ0v) is 9.70. The SMILES string of the molecule is Cc1ccc(CNc2ccccn2)c(C)c1. The van der Waals surface area contributed by atoms with E-state index < -0.39 is 0 Å². The quantitative estimate of drug-likeness (QED) is 0.844. The third-order valence-corrected chi connectivity index (χ3v) is 2.62. The molecule has 2 rings (SSSR count). The van der Waals surface area contributed by atoms with E-state index in [-0.39, 0.29) is 0 Å². The second-order valence-corrected chi connectivity index (χ2v) is 4.00. The van der Waals surface area contributed by atoms with E-state index in [4.69, 9.17) is 0 Å². The largest absolute Gasteiger partial charge is 0.366 e. The van der Waals surface area contributed by atoms with Crippen molar-refractivity contribution >= 4 is 5.82 Å². The Morgan fingerprint density at radius 2 is 2.00 bits per heavy atom. The van der Waals surface area contributed by atoms with Crippen molar-refractivity contribution in [2.45, 2.75) is 20.4 Å². The van der Waals surface area contributed by atoms with Gasteiger partial charge in [-0.2, -0.15) is 0 Å². The Balaban J connectivity index is 2.05. The Hall–Kier alpha value is -1.83. The number of hydrogen-bond donors (Lipinski definition) is 1. The fourth-order valence-electron chi connectivity index (χ4n) is 1.70. The summed E-state index contributed by atoms with van der Waals surface area (Å²) in [5, 5.41) is 3.31. The summed E-state index contributed by atoms with van der Waals surface area (Å²) < 4.78 is 0. The van der Waals surface area contributed by atoms with Crippen molar-refractivity contribution < 1.29 is 0 Å². The zero-order valence-electron chi connectivity index (χ0n) is 9.70. The summed E-state index contributed by atoms with van der Waals surface area (Å²) in [5.41, 5.74) is 3.94. The zero-order chi connectivity index (χ0) is 11.4. The molecule has 16 heavy (non-hydrogen) atoms. The molecule has 0 fully saturated rings. The van der Waals surface area contributed by atoms with Gasteiger partial charge in [-0.05, 0) is 37.1 Å². The first kappa shape index (κ1) is 10.7. The number of hydrogen-bond acceptors (Lipinski definition) is 2. The summed E-state index contributed by atoms with van der Waals surface area (Å²) in [6.45, 7) is 5.08. The minimum Gasteiger partial charge on any atom is -0.366 e. The Bertz CT molecular complexity index is 463.